The standard InChI is InChI=1S/C29H32F2N6O4S/c1-3-5-19-6-4-9-37(19)16-23-25(18-12-20(30)26(41-2)21(31)13-18)34-29(42-23)35-27(38)22-14-33-24(15-32-22)36-10-7-17(8-11-36)28(39)40/h5,12-15,17H,3-4,6-11,16H2,1-2H3,(H,39,40)(H,34,35,38)/b19-5-. The molecule has 2 aliphatic heterocycles. The van der Waals surface area contributed by atoms with Crippen molar-refractivity contribution in [1.29, 1.82) is 0 Å². The van der Waals surface area contributed by atoms with Crippen LogP contribution in [-0.4, -0.2) is 63.6 Å². The molecule has 0 aliphatic carbocycles. The lowest BCUT2D eigenvalue weighted by atomic mass is 9.97. The van der Waals surface area contributed by atoms with Crippen LogP contribution in [0.15, 0.2) is 36.3 Å². The van der Waals surface area contributed by atoms with E-state index in [1.165, 1.54) is 48.7 Å². The number of hydrogen-bond donors (Lipinski definition) is 2. The molecule has 1 aromatic carbocycles. The zero-order chi connectivity index (χ0) is 29.8. The van der Waals surface area contributed by atoms with Crippen molar-refractivity contribution in [1.82, 2.24) is 19.9 Å². The van der Waals surface area contributed by atoms with Gasteiger partial charge in [-0.05, 0) is 44.2 Å². The molecule has 0 saturated carbocycles. The number of carboxylic acids is 1. The number of anilines is 2. The van der Waals surface area contributed by atoms with E-state index in [4.69, 9.17) is 4.74 Å². The first-order valence-electron chi connectivity index (χ1n) is 13.9. The molecule has 0 radical (unpaired) electrons. The Balaban J connectivity index is 1.36. The zero-order valence-electron chi connectivity index (χ0n) is 23.4. The number of nitrogens with one attached hydrogen (secondary N) is 1. The van der Waals surface area contributed by atoms with Gasteiger partial charge in [0, 0.05) is 30.9 Å². The number of aliphatic carboxylic acids is 1. The van der Waals surface area contributed by atoms with Crippen molar-refractivity contribution < 1.29 is 28.2 Å². The second kappa shape index (κ2) is 12.8. The van der Waals surface area contributed by atoms with Gasteiger partial charge in [0.25, 0.3) is 5.91 Å². The van der Waals surface area contributed by atoms with Crippen LogP contribution in [0.1, 0.15) is 54.4 Å². The highest BCUT2D eigenvalue weighted by Gasteiger charge is 2.26. The second-order valence-corrected chi connectivity index (χ2v) is 11.3. The number of nitrogens with zero attached hydrogens (tertiary/aromatic N) is 5. The van der Waals surface area contributed by atoms with Crippen LogP contribution in [0.25, 0.3) is 11.3 Å². The van der Waals surface area contributed by atoms with E-state index >= 15 is 0 Å². The number of methoxy groups -OCH3 is 1. The summed E-state index contributed by atoms with van der Waals surface area (Å²) in [7, 11) is 1.20. The molecule has 2 aliphatic rings. The minimum absolute atomic E-state index is 0.0757. The van der Waals surface area contributed by atoms with Gasteiger partial charge in [0.05, 0.1) is 42.5 Å². The summed E-state index contributed by atoms with van der Waals surface area (Å²) in [4.78, 5) is 42.4. The number of amides is 1. The second-order valence-electron chi connectivity index (χ2n) is 10.2. The molecule has 0 spiro atoms. The predicted octanol–water partition coefficient (Wildman–Crippen LogP) is 5.33. The molecular formula is C29H32F2N6O4S. The molecule has 2 N–H and O–H groups in total. The van der Waals surface area contributed by atoms with Crippen molar-refractivity contribution in [2.24, 2.45) is 5.92 Å². The van der Waals surface area contributed by atoms with Gasteiger partial charge in [-0.3, -0.25) is 14.9 Å². The number of ether oxygens (including phenoxy) is 1. The van der Waals surface area contributed by atoms with Gasteiger partial charge in [-0.15, -0.1) is 0 Å². The Morgan fingerprint density at radius 2 is 1.90 bits per heavy atom. The zero-order valence-corrected chi connectivity index (χ0v) is 24.2. The van der Waals surface area contributed by atoms with Gasteiger partial charge in [0.2, 0.25) is 0 Å². The van der Waals surface area contributed by atoms with Gasteiger partial charge < -0.3 is 19.6 Å². The summed E-state index contributed by atoms with van der Waals surface area (Å²) in [5.41, 5.74) is 1.92. The summed E-state index contributed by atoms with van der Waals surface area (Å²) in [5, 5.41) is 12.2. The minimum Gasteiger partial charge on any atom is -0.491 e. The number of piperidine rings is 1. The highest BCUT2D eigenvalue weighted by molar-refractivity contribution is 7.16. The smallest absolute Gasteiger partial charge is 0.306 e. The van der Waals surface area contributed by atoms with Crippen LogP contribution >= 0.6 is 11.3 Å². The number of halogens is 2. The Labute approximate surface area is 246 Å². The summed E-state index contributed by atoms with van der Waals surface area (Å²) in [6.45, 7) is 4.50. The molecule has 2 aromatic heterocycles. The van der Waals surface area contributed by atoms with E-state index in [0.29, 0.717) is 44.0 Å². The average Bonchev–Trinajstić information content (AvgIpc) is 3.59. The van der Waals surface area contributed by atoms with Gasteiger partial charge >= 0.3 is 5.97 Å². The molecule has 0 unspecified atom stereocenters. The lowest BCUT2D eigenvalue weighted by molar-refractivity contribution is -0.142. The number of hydrogen-bond acceptors (Lipinski definition) is 9. The van der Waals surface area contributed by atoms with E-state index in [0.717, 1.165) is 30.7 Å². The normalized spacial score (nSPS) is 16.7. The SMILES string of the molecule is CC/C=C1/CCCN1Cc1sc(NC(=O)c2cnc(N3CCC(C(=O)O)CC3)cn2)nc1-c1cc(F)c(OC)c(F)c1. The highest BCUT2D eigenvalue weighted by Crippen LogP contribution is 2.37. The minimum atomic E-state index is -0.840. The molecule has 2 fully saturated rings. The average molecular weight is 599 g/mol. The molecule has 222 valence electrons. The lowest BCUT2D eigenvalue weighted by Crippen LogP contribution is -2.36. The Hall–Kier alpha value is -4.13. The van der Waals surface area contributed by atoms with Gasteiger partial charge in [-0.25, -0.2) is 23.7 Å². The molecule has 0 atom stereocenters. The molecule has 2 saturated heterocycles. The first-order chi connectivity index (χ1) is 20.3. The van der Waals surface area contributed by atoms with Crippen LogP contribution in [-0.2, 0) is 11.3 Å². The van der Waals surface area contributed by atoms with E-state index in [1.807, 2.05) is 4.90 Å². The fraction of sp³-hybridized carbons (Fsp3) is 0.414. The third kappa shape index (κ3) is 6.35. The van der Waals surface area contributed by atoms with Crippen LogP contribution in [0, 0.1) is 17.6 Å². The van der Waals surface area contributed by atoms with Crippen LogP contribution in [0.3, 0.4) is 0 Å². The topological polar surface area (TPSA) is 121 Å². The van der Waals surface area contributed by atoms with Gasteiger partial charge in [0.1, 0.15) is 11.5 Å². The monoisotopic (exact) mass is 598 g/mol. The van der Waals surface area contributed by atoms with Crippen molar-refractivity contribution in [2.75, 3.05) is 37.0 Å². The van der Waals surface area contributed by atoms with Crippen LogP contribution in [0.2, 0.25) is 0 Å². The Kier molecular flexibility index (Phi) is 8.95. The lowest BCUT2D eigenvalue weighted by Gasteiger charge is -2.30. The summed E-state index contributed by atoms with van der Waals surface area (Å²) in [6, 6.07) is 2.37. The summed E-state index contributed by atoms with van der Waals surface area (Å²) in [6.07, 6.45) is 8.95. The molecule has 0 bridgehead atoms. The van der Waals surface area contributed by atoms with Gasteiger partial charge in [-0.1, -0.05) is 24.3 Å². The number of carboxylic acid groups (broad SMARTS) is 1. The summed E-state index contributed by atoms with van der Waals surface area (Å²) < 4.78 is 34.1. The molecule has 1 amide bonds. The quantitative estimate of drug-likeness (QED) is 0.337. The predicted molar refractivity (Wildman–Crippen MR) is 155 cm³/mol. The van der Waals surface area contributed by atoms with Crippen molar-refractivity contribution in [3.05, 3.63) is 58.5 Å². The molecular weight excluding hydrogens is 566 g/mol. The summed E-state index contributed by atoms with van der Waals surface area (Å²) in [5.74, 6) is -3.26. The molecule has 42 heavy (non-hydrogen) atoms. The van der Waals surface area contributed by atoms with Crippen molar-refractivity contribution in [2.45, 2.75) is 45.6 Å². The maximum Gasteiger partial charge on any atom is 0.306 e. The molecule has 13 heteroatoms. The van der Waals surface area contributed by atoms with Crippen molar-refractivity contribution in [3.8, 4) is 17.0 Å². The number of benzene rings is 1. The number of allylic oxidation sites excluding steroid dienone is 2. The molecule has 10 nitrogen and oxygen atoms in total. The van der Waals surface area contributed by atoms with Crippen LogP contribution in [0.5, 0.6) is 5.75 Å². The number of carbonyl (C=O) groups is 2. The Bertz CT molecular complexity index is 1460. The van der Waals surface area contributed by atoms with E-state index in [1.54, 1.807) is 0 Å². The van der Waals surface area contributed by atoms with Crippen LogP contribution in [0.4, 0.5) is 19.7 Å². The Morgan fingerprint density at radius 1 is 1.17 bits per heavy atom. The van der Waals surface area contributed by atoms with E-state index in [2.05, 4.69) is 38.2 Å². The summed E-state index contributed by atoms with van der Waals surface area (Å²) >= 11 is 1.24. The maximum atomic E-state index is 14.6. The van der Waals surface area contributed by atoms with Gasteiger partial charge in [0.15, 0.2) is 22.5 Å². The van der Waals surface area contributed by atoms with Crippen molar-refractivity contribution in [3.63, 3.8) is 0 Å². The number of carbonyl (C=O) groups excluding carboxylic acids is 1. The van der Waals surface area contributed by atoms with Crippen molar-refractivity contribution >= 4 is 34.2 Å². The van der Waals surface area contributed by atoms with E-state index in [-0.39, 0.29) is 22.3 Å². The van der Waals surface area contributed by atoms with E-state index < -0.39 is 29.3 Å². The molecule has 3 aromatic rings. The fourth-order valence-corrected chi connectivity index (χ4v) is 6.32. The maximum absolute atomic E-state index is 14.6. The Morgan fingerprint density at radius 3 is 2.52 bits per heavy atom. The highest BCUT2D eigenvalue weighted by atomic mass is 32.1. The first kappa shape index (κ1) is 29.4. The number of rotatable bonds is 9. The number of aromatic nitrogens is 3. The van der Waals surface area contributed by atoms with Crippen LogP contribution < -0.4 is 15.0 Å². The van der Waals surface area contributed by atoms with Gasteiger partial charge in [-0.2, -0.15) is 0 Å². The number of likely N-dealkylation sites (tertiary alicyclic amines) is 1. The third-order valence-electron chi connectivity index (χ3n) is 7.47. The third-order valence-corrected chi connectivity index (χ3v) is 8.43. The van der Waals surface area contributed by atoms with E-state index in [9.17, 15) is 23.5 Å². The fourth-order valence-electron chi connectivity index (χ4n) is 5.32. The molecule has 5 rings (SSSR count). The largest absolute Gasteiger partial charge is 0.491 e. The molecule has 4 heterocycles. The first-order valence-corrected chi connectivity index (χ1v) is 14.7. The number of thiazole rings is 1.